The number of sulfonamides is 1. The van der Waals surface area contributed by atoms with Crippen molar-refractivity contribution in [3.63, 3.8) is 0 Å². The molecule has 5 rings (SSSR count). The largest absolute Gasteiger partial charge is 0.477 e. The van der Waals surface area contributed by atoms with Gasteiger partial charge in [-0.15, -0.1) is 0 Å². The summed E-state index contributed by atoms with van der Waals surface area (Å²) in [5.74, 6) is 0.204. The van der Waals surface area contributed by atoms with E-state index in [-0.39, 0.29) is 10.8 Å². The van der Waals surface area contributed by atoms with Crippen LogP contribution in [-0.2, 0) is 42.3 Å². The van der Waals surface area contributed by atoms with Crippen molar-refractivity contribution in [1.29, 1.82) is 0 Å². The predicted molar refractivity (Wildman–Crippen MR) is 107 cm³/mol. The Labute approximate surface area is 169 Å². The zero-order valence-corrected chi connectivity index (χ0v) is 17.2. The van der Waals surface area contributed by atoms with Crippen LogP contribution in [0.1, 0.15) is 47.2 Å². The standard InChI is InChI=1S/C20H24N4O4S/c1-12-18(19-24(22-12)9-4-10-28-19)29(26,27)23-20(25)21-17-15-7-2-5-13(15)11-14-6-3-8-16(14)17/h11H,2-10H2,1H3,(H2,21,23,25). The van der Waals surface area contributed by atoms with Crippen molar-refractivity contribution >= 4 is 21.7 Å². The Balaban J connectivity index is 1.43. The summed E-state index contributed by atoms with van der Waals surface area (Å²) in [6, 6.07) is 1.53. The molecule has 0 saturated carbocycles. The molecule has 29 heavy (non-hydrogen) atoms. The van der Waals surface area contributed by atoms with Crippen LogP contribution in [0.2, 0.25) is 0 Å². The summed E-state index contributed by atoms with van der Waals surface area (Å²) in [4.78, 5) is 12.7. The highest BCUT2D eigenvalue weighted by Crippen LogP contribution is 2.38. The number of nitrogens with zero attached hydrogens (tertiary/aromatic N) is 2. The van der Waals surface area contributed by atoms with Crippen molar-refractivity contribution in [2.45, 2.75) is 63.3 Å². The zero-order valence-electron chi connectivity index (χ0n) is 16.4. The summed E-state index contributed by atoms with van der Waals surface area (Å²) in [6.07, 6.45) is 6.74. The molecule has 2 N–H and O–H groups in total. The molecular weight excluding hydrogens is 392 g/mol. The molecule has 3 aliphatic rings. The summed E-state index contributed by atoms with van der Waals surface area (Å²) in [5, 5.41) is 7.11. The Hall–Kier alpha value is -2.55. The lowest BCUT2D eigenvalue weighted by Crippen LogP contribution is -2.35. The maximum atomic E-state index is 12.9. The number of benzene rings is 1. The highest BCUT2D eigenvalue weighted by molar-refractivity contribution is 7.90. The number of amides is 2. The number of urea groups is 1. The number of carbonyl (C=O) groups excluding carboxylic acids is 1. The van der Waals surface area contributed by atoms with Crippen LogP contribution >= 0.6 is 0 Å². The molecule has 8 nitrogen and oxygen atoms in total. The molecule has 2 heterocycles. The number of hydrogen-bond donors (Lipinski definition) is 2. The van der Waals surface area contributed by atoms with Gasteiger partial charge in [0.1, 0.15) is 0 Å². The normalized spacial score (nSPS) is 17.3. The van der Waals surface area contributed by atoms with E-state index in [0.29, 0.717) is 18.8 Å². The average molecular weight is 417 g/mol. The number of aromatic nitrogens is 2. The molecule has 0 radical (unpaired) electrons. The Morgan fingerprint density at radius 3 is 2.48 bits per heavy atom. The first-order chi connectivity index (χ1) is 13.9. The summed E-state index contributed by atoms with van der Waals surface area (Å²) in [7, 11) is -4.11. The molecule has 2 amide bonds. The average Bonchev–Trinajstić information content (AvgIpc) is 3.37. The van der Waals surface area contributed by atoms with Crippen LogP contribution in [0.15, 0.2) is 11.0 Å². The molecule has 0 saturated heterocycles. The van der Waals surface area contributed by atoms with Crippen LogP contribution in [-0.4, -0.2) is 30.8 Å². The molecule has 0 fully saturated rings. The Kier molecular flexibility index (Phi) is 4.31. The molecule has 0 bridgehead atoms. The van der Waals surface area contributed by atoms with E-state index in [9.17, 15) is 13.2 Å². The third-order valence-corrected chi connectivity index (χ3v) is 7.45. The second kappa shape index (κ2) is 6.76. The molecule has 154 valence electrons. The molecule has 1 aromatic carbocycles. The fourth-order valence-corrected chi connectivity index (χ4v) is 6.03. The quantitative estimate of drug-likeness (QED) is 0.800. The van der Waals surface area contributed by atoms with Crippen LogP contribution in [0.3, 0.4) is 0 Å². The monoisotopic (exact) mass is 416 g/mol. The molecule has 2 aromatic rings. The van der Waals surface area contributed by atoms with Gasteiger partial charge in [-0.25, -0.2) is 22.6 Å². The Morgan fingerprint density at radius 1 is 1.10 bits per heavy atom. The van der Waals surface area contributed by atoms with E-state index in [1.165, 1.54) is 11.1 Å². The number of carbonyl (C=O) groups is 1. The van der Waals surface area contributed by atoms with Crippen molar-refractivity contribution < 1.29 is 17.9 Å². The van der Waals surface area contributed by atoms with E-state index in [1.807, 2.05) is 0 Å². The Morgan fingerprint density at radius 2 is 1.79 bits per heavy atom. The van der Waals surface area contributed by atoms with Crippen LogP contribution in [0.25, 0.3) is 0 Å². The summed E-state index contributed by atoms with van der Waals surface area (Å²) in [5.41, 5.74) is 5.99. The van der Waals surface area contributed by atoms with Crippen LogP contribution in [0, 0.1) is 6.92 Å². The topological polar surface area (TPSA) is 102 Å². The predicted octanol–water partition coefficient (Wildman–Crippen LogP) is 2.46. The van der Waals surface area contributed by atoms with Gasteiger partial charge in [0.2, 0.25) is 5.88 Å². The summed E-state index contributed by atoms with van der Waals surface area (Å²) >= 11 is 0. The first kappa shape index (κ1) is 18.5. The maximum absolute atomic E-state index is 12.9. The highest BCUT2D eigenvalue weighted by Gasteiger charge is 2.32. The van der Waals surface area contributed by atoms with Gasteiger partial charge < -0.3 is 10.1 Å². The van der Waals surface area contributed by atoms with Crippen molar-refractivity contribution in [1.82, 2.24) is 14.5 Å². The fraction of sp³-hybridized carbons (Fsp3) is 0.500. The van der Waals surface area contributed by atoms with Gasteiger partial charge in [-0.1, -0.05) is 6.07 Å². The smallest absolute Gasteiger partial charge is 0.333 e. The van der Waals surface area contributed by atoms with E-state index >= 15 is 0 Å². The summed E-state index contributed by atoms with van der Waals surface area (Å²) in [6.45, 7) is 2.64. The van der Waals surface area contributed by atoms with E-state index in [4.69, 9.17) is 4.74 Å². The fourth-order valence-electron chi connectivity index (χ4n) is 4.81. The number of rotatable bonds is 3. The molecule has 0 spiro atoms. The minimum atomic E-state index is -4.11. The molecule has 0 atom stereocenters. The van der Waals surface area contributed by atoms with Gasteiger partial charge in [0.05, 0.1) is 12.3 Å². The lowest BCUT2D eigenvalue weighted by molar-refractivity contribution is 0.224. The van der Waals surface area contributed by atoms with Crippen molar-refractivity contribution in [3.05, 3.63) is 34.0 Å². The van der Waals surface area contributed by atoms with E-state index in [2.05, 4.69) is 21.2 Å². The van der Waals surface area contributed by atoms with Crippen molar-refractivity contribution in [2.75, 3.05) is 11.9 Å². The van der Waals surface area contributed by atoms with Crippen molar-refractivity contribution in [2.24, 2.45) is 0 Å². The zero-order chi connectivity index (χ0) is 20.2. The van der Waals surface area contributed by atoms with Gasteiger partial charge in [0, 0.05) is 18.7 Å². The van der Waals surface area contributed by atoms with Crippen LogP contribution in [0.5, 0.6) is 5.88 Å². The highest BCUT2D eigenvalue weighted by atomic mass is 32.2. The SMILES string of the molecule is Cc1nn2c(c1S(=O)(=O)NC(=O)Nc1c3c(cc4c1CCC4)CCC3)OCCC2. The first-order valence-corrected chi connectivity index (χ1v) is 11.6. The number of hydrogen-bond acceptors (Lipinski definition) is 5. The maximum Gasteiger partial charge on any atom is 0.333 e. The number of ether oxygens (including phenoxy) is 1. The van der Waals surface area contributed by atoms with E-state index in [0.717, 1.165) is 61.8 Å². The van der Waals surface area contributed by atoms with Crippen LogP contribution < -0.4 is 14.8 Å². The third-order valence-electron chi connectivity index (χ3n) is 5.99. The molecule has 2 aliphatic carbocycles. The van der Waals surface area contributed by atoms with Gasteiger partial charge in [0.15, 0.2) is 4.90 Å². The molecular formula is C20H24N4O4S. The molecule has 1 aliphatic heterocycles. The second-order valence-corrected chi connectivity index (χ2v) is 9.56. The van der Waals surface area contributed by atoms with Gasteiger partial charge in [0.25, 0.3) is 10.0 Å². The lowest BCUT2D eigenvalue weighted by atomic mass is 9.99. The Bertz CT molecular complexity index is 1090. The minimum Gasteiger partial charge on any atom is -0.477 e. The summed E-state index contributed by atoms with van der Waals surface area (Å²) < 4.78 is 35.1. The number of anilines is 1. The van der Waals surface area contributed by atoms with Gasteiger partial charge >= 0.3 is 6.03 Å². The van der Waals surface area contributed by atoms with Crippen LogP contribution in [0.4, 0.5) is 10.5 Å². The number of nitrogens with one attached hydrogen (secondary N) is 2. The van der Waals surface area contributed by atoms with Gasteiger partial charge in [-0.3, -0.25) is 0 Å². The lowest BCUT2D eigenvalue weighted by Gasteiger charge is -2.18. The van der Waals surface area contributed by atoms with E-state index < -0.39 is 16.1 Å². The van der Waals surface area contributed by atoms with Crippen molar-refractivity contribution in [3.8, 4) is 5.88 Å². The molecule has 0 unspecified atom stereocenters. The molecule has 9 heteroatoms. The minimum absolute atomic E-state index is 0.0594. The first-order valence-electron chi connectivity index (χ1n) is 10.1. The molecule has 1 aromatic heterocycles. The number of fused-ring (bicyclic) bond motifs is 3. The number of aryl methyl sites for hydroxylation is 4. The third kappa shape index (κ3) is 3.08. The van der Waals surface area contributed by atoms with Gasteiger partial charge in [-0.2, -0.15) is 5.10 Å². The van der Waals surface area contributed by atoms with E-state index in [1.54, 1.807) is 11.6 Å². The van der Waals surface area contributed by atoms with Gasteiger partial charge in [-0.05, 0) is 67.7 Å². The second-order valence-electron chi connectivity index (χ2n) is 7.94.